The van der Waals surface area contributed by atoms with E-state index in [1.807, 2.05) is 30.3 Å². The van der Waals surface area contributed by atoms with E-state index in [1.54, 1.807) is 0 Å². The Labute approximate surface area is 109 Å². The molecule has 3 rings (SSSR count). The van der Waals surface area contributed by atoms with Crippen molar-refractivity contribution in [1.82, 2.24) is 0 Å². The number of fused-ring (bicyclic) bond motifs is 2. The van der Waals surface area contributed by atoms with Gasteiger partial charge in [0.2, 0.25) is 0 Å². The number of quaternary nitrogens is 1. The van der Waals surface area contributed by atoms with Crippen molar-refractivity contribution in [3.05, 3.63) is 35.9 Å². The number of benzene rings is 1. The summed E-state index contributed by atoms with van der Waals surface area (Å²) in [6.07, 6.45) is 1.58. The van der Waals surface area contributed by atoms with Crippen molar-refractivity contribution in [2.45, 2.75) is 30.5 Å². The van der Waals surface area contributed by atoms with Crippen molar-refractivity contribution in [2.75, 3.05) is 27.3 Å². The average Bonchev–Trinajstić information content (AvgIpc) is 2.33. The Kier molecular flexibility index (Phi) is 2.73. The molecule has 0 radical (unpaired) electrons. The van der Waals surface area contributed by atoms with E-state index in [0.29, 0.717) is 12.1 Å². The van der Waals surface area contributed by atoms with E-state index < -0.39 is 5.60 Å². The number of ether oxygens (including phenoxy) is 1. The first kappa shape index (κ1) is 12.2. The molecule has 0 aromatic heterocycles. The van der Waals surface area contributed by atoms with Gasteiger partial charge in [-0.15, -0.1) is 0 Å². The summed E-state index contributed by atoms with van der Waals surface area (Å²) in [6, 6.07) is 10.9. The zero-order valence-electron chi connectivity index (χ0n) is 11.2. The molecule has 2 bridgehead atoms. The molecule has 98 valence electrons. The van der Waals surface area contributed by atoms with Crippen LogP contribution < -0.4 is 0 Å². The second-order valence-corrected chi connectivity index (χ2v) is 6.28. The van der Waals surface area contributed by atoms with Crippen LogP contribution in [0.3, 0.4) is 0 Å². The average molecular weight is 248 g/mol. The molecule has 18 heavy (non-hydrogen) atoms. The van der Waals surface area contributed by atoms with Gasteiger partial charge in [0.05, 0.1) is 27.3 Å². The number of aliphatic hydroxyl groups is 1. The van der Waals surface area contributed by atoms with E-state index in [-0.39, 0.29) is 0 Å². The van der Waals surface area contributed by atoms with E-state index in [4.69, 9.17) is 4.74 Å². The van der Waals surface area contributed by atoms with Crippen LogP contribution in [-0.4, -0.2) is 49.0 Å². The third kappa shape index (κ3) is 1.78. The third-order valence-corrected chi connectivity index (χ3v) is 4.96. The lowest BCUT2D eigenvalue weighted by molar-refractivity contribution is -0.955. The van der Waals surface area contributed by atoms with Crippen LogP contribution in [0, 0.1) is 0 Å². The number of hydrogen-bond acceptors (Lipinski definition) is 2. The van der Waals surface area contributed by atoms with Gasteiger partial charge in [-0.2, -0.15) is 0 Å². The standard InChI is InChI=1S/C15H22NO2/c1-16(2)13-8-15(17,9-14(16)11-18-10-13)12-6-4-3-5-7-12/h3-7,13-14,17H,8-11H2,1-2H3/q+1/t13-,14-/m1/s1. The molecular weight excluding hydrogens is 226 g/mol. The minimum atomic E-state index is -0.672. The number of rotatable bonds is 1. The smallest absolute Gasteiger partial charge is 0.116 e. The first-order valence-corrected chi connectivity index (χ1v) is 6.71. The fourth-order valence-corrected chi connectivity index (χ4v) is 3.46. The maximum Gasteiger partial charge on any atom is 0.116 e. The summed E-state index contributed by atoms with van der Waals surface area (Å²) in [4.78, 5) is 0. The van der Waals surface area contributed by atoms with Gasteiger partial charge in [-0.1, -0.05) is 30.3 Å². The summed E-state index contributed by atoms with van der Waals surface area (Å²) in [5, 5.41) is 11.0. The highest BCUT2D eigenvalue weighted by atomic mass is 16.5. The molecule has 1 aromatic carbocycles. The summed E-state index contributed by atoms with van der Waals surface area (Å²) < 4.78 is 6.66. The number of hydrogen-bond donors (Lipinski definition) is 1. The van der Waals surface area contributed by atoms with Gasteiger partial charge in [-0.05, 0) is 5.56 Å². The second kappa shape index (κ2) is 4.05. The van der Waals surface area contributed by atoms with Crippen LogP contribution >= 0.6 is 0 Å². The summed E-state index contributed by atoms with van der Waals surface area (Å²) in [7, 11) is 4.53. The Morgan fingerprint density at radius 3 is 2.22 bits per heavy atom. The van der Waals surface area contributed by atoms with E-state index >= 15 is 0 Å². The van der Waals surface area contributed by atoms with Gasteiger partial charge in [0.25, 0.3) is 0 Å². The van der Waals surface area contributed by atoms with Crippen molar-refractivity contribution in [3.63, 3.8) is 0 Å². The fourth-order valence-electron chi connectivity index (χ4n) is 3.46. The molecule has 2 heterocycles. The van der Waals surface area contributed by atoms with E-state index in [2.05, 4.69) is 14.1 Å². The molecule has 0 saturated carbocycles. The molecule has 1 N–H and O–H groups in total. The Balaban J connectivity index is 1.93. The highest BCUT2D eigenvalue weighted by molar-refractivity contribution is 5.23. The SMILES string of the molecule is C[N+]1(C)[C@H]2COC[C@H]1CC(O)(c1ccccc1)C2. The lowest BCUT2D eigenvalue weighted by atomic mass is 9.76. The molecule has 0 spiro atoms. The maximum atomic E-state index is 11.0. The normalized spacial score (nSPS) is 38.4. The first-order valence-electron chi connectivity index (χ1n) is 6.71. The van der Waals surface area contributed by atoms with Crippen molar-refractivity contribution >= 4 is 0 Å². The molecule has 0 amide bonds. The second-order valence-electron chi connectivity index (χ2n) is 6.28. The van der Waals surface area contributed by atoms with Gasteiger partial charge >= 0.3 is 0 Å². The topological polar surface area (TPSA) is 29.5 Å². The van der Waals surface area contributed by atoms with Gasteiger partial charge in [0.15, 0.2) is 0 Å². The molecule has 1 aromatic rings. The molecular formula is C15H22NO2+. The van der Waals surface area contributed by atoms with Crippen LogP contribution in [0.5, 0.6) is 0 Å². The van der Waals surface area contributed by atoms with Crippen LogP contribution in [0.4, 0.5) is 0 Å². The molecule has 0 aliphatic carbocycles. The van der Waals surface area contributed by atoms with Gasteiger partial charge in [-0.3, -0.25) is 0 Å². The number of morpholine rings is 1. The van der Waals surface area contributed by atoms with Gasteiger partial charge in [0, 0.05) is 12.8 Å². The first-order chi connectivity index (χ1) is 8.52. The highest BCUT2D eigenvalue weighted by Crippen LogP contribution is 2.43. The van der Waals surface area contributed by atoms with Gasteiger partial charge in [0.1, 0.15) is 17.7 Å². The van der Waals surface area contributed by atoms with Gasteiger partial charge < -0.3 is 14.3 Å². The largest absolute Gasteiger partial charge is 0.385 e. The molecule has 2 atom stereocenters. The number of piperidine rings is 1. The van der Waals surface area contributed by atoms with Crippen LogP contribution in [0.1, 0.15) is 18.4 Å². The van der Waals surface area contributed by atoms with E-state index in [9.17, 15) is 5.11 Å². The zero-order valence-corrected chi connectivity index (χ0v) is 11.2. The van der Waals surface area contributed by atoms with Crippen molar-refractivity contribution in [1.29, 1.82) is 0 Å². The van der Waals surface area contributed by atoms with Crippen LogP contribution in [0.2, 0.25) is 0 Å². The monoisotopic (exact) mass is 248 g/mol. The quantitative estimate of drug-likeness (QED) is 0.763. The van der Waals surface area contributed by atoms with E-state index in [0.717, 1.165) is 36.1 Å². The molecule has 3 heteroatoms. The van der Waals surface area contributed by atoms with Crippen LogP contribution in [-0.2, 0) is 10.3 Å². The Bertz CT molecular complexity index is 413. The molecule has 3 nitrogen and oxygen atoms in total. The summed E-state index contributed by atoms with van der Waals surface area (Å²) in [5.41, 5.74) is 0.385. The van der Waals surface area contributed by atoms with Crippen LogP contribution in [0.15, 0.2) is 30.3 Å². The predicted octanol–water partition coefficient (Wildman–Crippen LogP) is 1.51. The highest BCUT2D eigenvalue weighted by Gasteiger charge is 2.53. The van der Waals surface area contributed by atoms with Crippen molar-refractivity contribution < 1.29 is 14.3 Å². The molecule has 2 fully saturated rings. The summed E-state index contributed by atoms with van der Waals surface area (Å²) >= 11 is 0. The Morgan fingerprint density at radius 1 is 1.11 bits per heavy atom. The number of nitrogens with zero attached hydrogens (tertiary/aromatic N) is 1. The zero-order chi connectivity index (χ0) is 12.8. The maximum absolute atomic E-state index is 11.0. The predicted molar refractivity (Wildman–Crippen MR) is 70.1 cm³/mol. The lowest BCUT2D eigenvalue weighted by Gasteiger charge is -2.55. The third-order valence-electron chi connectivity index (χ3n) is 4.96. The minimum absolute atomic E-state index is 0.391. The summed E-state index contributed by atoms with van der Waals surface area (Å²) in [5.74, 6) is 0. The van der Waals surface area contributed by atoms with E-state index in [1.165, 1.54) is 0 Å². The fraction of sp³-hybridized carbons (Fsp3) is 0.600. The van der Waals surface area contributed by atoms with Crippen molar-refractivity contribution in [2.24, 2.45) is 0 Å². The molecule has 0 unspecified atom stereocenters. The van der Waals surface area contributed by atoms with Gasteiger partial charge in [-0.25, -0.2) is 0 Å². The van der Waals surface area contributed by atoms with Crippen molar-refractivity contribution in [3.8, 4) is 0 Å². The summed E-state index contributed by atoms with van der Waals surface area (Å²) in [6.45, 7) is 1.53. The Hall–Kier alpha value is -0.900. The Morgan fingerprint density at radius 2 is 1.67 bits per heavy atom. The molecule has 2 aliphatic rings. The lowest BCUT2D eigenvalue weighted by Crippen LogP contribution is -2.68. The molecule has 2 aliphatic heterocycles. The molecule has 2 saturated heterocycles. The minimum Gasteiger partial charge on any atom is -0.385 e. The number of likely N-dealkylation sites (N-methyl/N-ethyl adjacent to an activating group) is 1. The van der Waals surface area contributed by atoms with Crippen LogP contribution in [0.25, 0.3) is 0 Å².